The topological polar surface area (TPSA) is 61.2 Å². The molecule has 2 N–H and O–H groups in total. The number of nitrogens with zero attached hydrogens (tertiary/aromatic N) is 3. The molecule has 34 heavy (non-hydrogen) atoms. The van der Waals surface area contributed by atoms with Gasteiger partial charge in [-0.15, -0.1) is 0 Å². The molecular formula is C28H22ClN5. The zero-order valence-electron chi connectivity index (χ0n) is 18.4. The van der Waals surface area contributed by atoms with Crippen molar-refractivity contribution < 1.29 is 17.0 Å². The van der Waals surface area contributed by atoms with E-state index in [2.05, 4.69) is 88.0 Å². The summed E-state index contributed by atoms with van der Waals surface area (Å²) in [6.45, 7) is 4.64. The number of hydrogen-bond acceptors (Lipinski definition) is 2. The summed E-state index contributed by atoms with van der Waals surface area (Å²) in [5.74, 6) is 0. The summed E-state index contributed by atoms with van der Waals surface area (Å²) >= 11 is 0. The van der Waals surface area contributed by atoms with Gasteiger partial charge in [0, 0.05) is 28.7 Å². The molecule has 166 valence electrons. The average molecular weight is 464 g/mol. The van der Waals surface area contributed by atoms with Crippen LogP contribution >= 0.6 is 0 Å². The van der Waals surface area contributed by atoms with Crippen molar-refractivity contribution in [2.75, 3.05) is 0 Å². The summed E-state index contributed by atoms with van der Waals surface area (Å²) in [7, 11) is 0. The standard InChI is InChI=1S/C28H21N5.ClH/c1-2-14-33-15-4-3-5-27(33)28-25-12-10-23(31-25)17-21-8-6-19(29-21)16-20-7-9-22(30-20)18-24-11-13-26(28)32-24;/h2-13,15-18H,1,14H2,(H,29,30,31,32);1H. The quantitative estimate of drug-likeness (QED) is 0.313. The van der Waals surface area contributed by atoms with E-state index in [4.69, 9.17) is 9.97 Å². The second-order valence-corrected chi connectivity index (χ2v) is 8.08. The highest BCUT2D eigenvalue weighted by Gasteiger charge is 2.18. The van der Waals surface area contributed by atoms with Gasteiger partial charge in [-0.25, -0.2) is 9.97 Å². The summed E-state index contributed by atoms with van der Waals surface area (Å²) in [5.41, 5.74) is 9.77. The predicted octanol–water partition coefficient (Wildman–Crippen LogP) is 2.80. The van der Waals surface area contributed by atoms with Crippen molar-refractivity contribution in [1.82, 2.24) is 19.9 Å². The molecule has 6 rings (SSSR count). The third-order valence-electron chi connectivity index (χ3n) is 5.74. The average Bonchev–Trinajstić information content (AvgIpc) is 3.61. The van der Waals surface area contributed by atoms with Crippen molar-refractivity contribution in [3.63, 3.8) is 0 Å². The van der Waals surface area contributed by atoms with Crippen LogP contribution in [0.15, 0.2) is 79.5 Å². The highest BCUT2D eigenvalue weighted by Crippen LogP contribution is 2.28. The van der Waals surface area contributed by atoms with Crippen molar-refractivity contribution in [3.8, 4) is 11.3 Å². The summed E-state index contributed by atoms with van der Waals surface area (Å²) < 4.78 is 2.18. The molecule has 0 unspecified atom stereocenters. The van der Waals surface area contributed by atoms with Gasteiger partial charge in [0.15, 0.2) is 12.7 Å². The highest BCUT2D eigenvalue weighted by molar-refractivity contribution is 5.89. The molecule has 5 nitrogen and oxygen atoms in total. The summed E-state index contributed by atoms with van der Waals surface area (Å²) in [5, 5.41) is 0. The molecule has 2 aliphatic heterocycles. The Morgan fingerprint density at radius 3 is 2.15 bits per heavy atom. The molecule has 0 radical (unpaired) electrons. The van der Waals surface area contributed by atoms with E-state index in [0.29, 0.717) is 6.54 Å². The summed E-state index contributed by atoms with van der Waals surface area (Å²) in [6.07, 6.45) is 12.2. The molecule has 0 aromatic carbocycles. The Balaban J connectivity index is 0.00000241. The van der Waals surface area contributed by atoms with E-state index in [-0.39, 0.29) is 12.4 Å². The molecule has 0 saturated heterocycles. The minimum Gasteiger partial charge on any atom is -1.00 e. The third-order valence-corrected chi connectivity index (χ3v) is 5.74. The molecule has 4 aromatic heterocycles. The van der Waals surface area contributed by atoms with Crippen molar-refractivity contribution in [2.45, 2.75) is 6.54 Å². The number of fused-ring (bicyclic) bond motifs is 8. The van der Waals surface area contributed by atoms with Crippen molar-refractivity contribution in [3.05, 3.63) is 102 Å². The molecule has 0 saturated carbocycles. The smallest absolute Gasteiger partial charge is 0.217 e. The summed E-state index contributed by atoms with van der Waals surface area (Å²) in [6, 6.07) is 20.7. The number of hydrogen-bond donors (Lipinski definition) is 2. The van der Waals surface area contributed by atoms with E-state index < -0.39 is 0 Å². The fraction of sp³-hybridized carbons (Fsp3) is 0.0357. The van der Waals surface area contributed by atoms with Gasteiger partial charge in [0.25, 0.3) is 0 Å². The van der Waals surface area contributed by atoms with Gasteiger partial charge in [-0.2, -0.15) is 4.57 Å². The van der Waals surface area contributed by atoms with Crippen molar-refractivity contribution in [1.29, 1.82) is 0 Å². The molecule has 4 aromatic rings. The van der Waals surface area contributed by atoms with Crippen molar-refractivity contribution >= 4 is 46.4 Å². The first-order chi connectivity index (χ1) is 16.2. The van der Waals surface area contributed by atoms with Crippen LogP contribution < -0.4 is 17.0 Å². The second-order valence-electron chi connectivity index (χ2n) is 8.08. The maximum Gasteiger partial charge on any atom is 0.217 e. The number of aromatic nitrogens is 5. The number of pyridine rings is 1. The lowest BCUT2D eigenvalue weighted by Gasteiger charge is -2.04. The first-order valence-corrected chi connectivity index (χ1v) is 10.9. The zero-order chi connectivity index (χ0) is 22.2. The van der Waals surface area contributed by atoms with Gasteiger partial charge >= 0.3 is 0 Å². The van der Waals surface area contributed by atoms with Gasteiger partial charge in [-0.05, 0) is 78.9 Å². The van der Waals surface area contributed by atoms with Crippen LogP contribution in [0.2, 0.25) is 0 Å². The molecule has 6 heterocycles. The third kappa shape index (κ3) is 4.09. The van der Waals surface area contributed by atoms with Crippen LogP contribution in [0, 0.1) is 0 Å². The van der Waals surface area contributed by atoms with Gasteiger partial charge in [0.2, 0.25) is 5.69 Å². The SMILES string of the molecule is C=CC[n+]1ccccc1-c1c2nc(cc3ccc(cc4nc(cc5ccc1[nH]5)C=C4)[nH]3)C=C2.[Cl-]. The Morgan fingerprint density at radius 2 is 1.41 bits per heavy atom. The number of allylic oxidation sites excluding steroid dienone is 1. The van der Waals surface area contributed by atoms with E-state index in [1.54, 1.807) is 0 Å². The van der Waals surface area contributed by atoms with Gasteiger partial charge in [-0.1, -0.05) is 6.58 Å². The minimum absolute atomic E-state index is 0. The van der Waals surface area contributed by atoms with Crippen LogP contribution in [0.5, 0.6) is 0 Å². The van der Waals surface area contributed by atoms with E-state index in [1.807, 2.05) is 30.4 Å². The fourth-order valence-electron chi connectivity index (χ4n) is 4.28. The predicted molar refractivity (Wildman–Crippen MR) is 135 cm³/mol. The maximum absolute atomic E-state index is 4.97. The lowest BCUT2D eigenvalue weighted by Crippen LogP contribution is -3.00. The highest BCUT2D eigenvalue weighted by atomic mass is 35.5. The number of H-pyrrole nitrogens is 2. The van der Waals surface area contributed by atoms with E-state index in [1.165, 1.54) is 0 Å². The molecule has 0 aliphatic carbocycles. The molecule has 2 aliphatic rings. The Bertz CT molecular complexity index is 1620. The van der Waals surface area contributed by atoms with Gasteiger partial charge < -0.3 is 22.4 Å². The lowest BCUT2D eigenvalue weighted by molar-refractivity contribution is -0.676. The normalized spacial score (nSPS) is 11.9. The zero-order valence-corrected chi connectivity index (χ0v) is 19.1. The van der Waals surface area contributed by atoms with Crippen LogP contribution in [0.3, 0.4) is 0 Å². The largest absolute Gasteiger partial charge is 1.00 e. The van der Waals surface area contributed by atoms with Gasteiger partial charge in [0.1, 0.15) is 0 Å². The van der Waals surface area contributed by atoms with Gasteiger partial charge in [0.05, 0.1) is 33.9 Å². The molecule has 8 bridgehead atoms. The molecule has 0 atom stereocenters. The Labute approximate surface area is 203 Å². The first kappa shape index (κ1) is 21.6. The summed E-state index contributed by atoms with van der Waals surface area (Å²) in [4.78, 5) is 16.7. The second kappa shape index (κ2) is 8.96. The molecule has 6 heteroatoms. The number of nitrogens with one attached hydrogen (secondary N) is 2. The van der Waals surface area contributed by atoms with Crippen LogP contribution in [-0.2, 0) is 6.54 Å². The molecule has 0 amide bonds. The van der Waals surface area contributed by atoms with E-state index >= 15 is 0 Å². The minimum atomic E-state index is 0. The number of aromatic amines is 2. The van der Waals surface area contributed by atoms with Crippen LogP contribution in [0.25, 0.3) is 57.6 Å². The van der Waals surface area contributed by atoms with Crippen LogP contribution in [0.4, 0.5) is 0 Å². The Hall–Kier alpha value is -4.22. The van der Waals surface area contributed by atoms with Crippen molar-refractivity contribution in [2.24, 2.45) is 0 Å². The van der Waals surface area contributed by atoms with E-state index in [9.17, 15) is 0 Å². The van der Waals surface area contributed by atoms with E-state index in [0.717, 1.165) is 56.1 Å². The number of rotatable bonds is 3. The Kier molecular flexibility index (Phi) is 5.70. The molecule has 0 fully saturated rings. The van der Waals surface area contributed by atoms with Crippen LogP contribution in [-0.4, -0.2) is 19.9 Å². The van der Waals surface area contributed by atoms with Gasteiger partial charge in [-0.3, -0.25) is 0 Å². The Morgan fingerprint density at radius 1 is 0.765 bits per heavy atom. The molecular weight excluding hydrogens is 442 g/mol. The fourth-order valence-corrected chi connectivity index (χ4v) is 4.28. The molecule has 0 spiro atoms. The van der Waals surface area contributed by atoms with Crippen LogP contribution in [0.1, 0.15) is 22.8 Å². The monoisotopic (exact) mass is 463 g/mol. The lowest BCUT2D eigenvalue weighted by atomic mass is 10.1. The number of halogens is 1. The maximum atomic E-state index is 4.97. The first-order valence-electron chi connectivity index (χ1n) is 10.9.